The van der Waals surface area contributed by atoms with Gasteiger partial charge < -0.3 is 15.1 Å². The number of unbranched alkanes of at least 4 members (excludes halogenated alkanes) is 2. The highest BCUT2D eigenvalue weighted by Crippen LogP contribution is 2.59. The molecule has 75 heavy (non-hydrogen) atoms. The van der Waals surface area contributed by atoms with E-state index in [1.54, 1.807) is 0 Å². The van der Waals surface area contributed by atoms with Gasteiger partial charge in [-0.05, 0) is 181 Å². The Hall–Kier alpha value is -5.89. The Balaban J connectivity index is 1.25. The van der Waals surface area contributed by atoms with Crippen molar-refractivity contribution in [2.24, 2.45) is 11.8 Å². The van der Waals surface area contributed by atoms with E-state index in [2.05, 4.69) is 227 Å². The Bertz CT molecular complexity index is 2740. The first-order valence-corrected chi connectivity index (χ1v) is 30.6. The average Bonchev–Trinajstić information content (AvgIpc) is 3.71. The number of rotatable bonds is 26. The quantitative estimate of drug-likeness (QED) is 0.0431. The van der Waals surface area contributed by atoms with Crippen molar-refractivity contribution in [1.82, 2.24) is 0 Å². The van der Waals surface area contributed by atoms with E-state index in [0.29, 0.717) is 11.8 Å². The molecule has 3 aliphatic rings. The zero-order chi connectivity index (χ0) is 52.0. The standard InChI is InChI=1S/C71H86N3P/c1-7-13-21-47-72-57-35-37-58(38-36-57)73(69-33-23-29-55-27-17-19-31-63(55)69)60-41-45-65-66-46-42-61(50-68(66)71(67(65)49-60,51-53(11-5)25-15-9-3)52-54(12-6)26-16-10-4)74(70-34-24-30-56-28-18-20-32-64(56)70)59-39-43-62(44-40-59)75-48-22-14-8-2/h13-14,19-24,29-46,49-50,53-54,72,75H,7-12,15-18,25-28,47-48,51-52H2,1-6H3. The van der Waals surface area contributed by atoms with Crippen molar-refractivity contribution in [3.05, 3.63) is 191 Å². The summed E-state index contributed by atoms with van der Waals surface area (Å²) in [6, 6.07) is 48.1. The largest absolute Gasteiger partial charge is 0.382 e. The van der Waals surface area contributed by atoms with E-state index in [-0.39, 0.29) is 5.41 Å². The number of allylic oxidation sites excluding steroid dienone is 5. The number of benzene rings is 6. The molecule has 3 unspecified atom stereocenters. The molecular weight excluding hydrogens is 926 g/mol. The van der Waals surface area contributed by atoms with Crippen LogP contribution in [0.25, 0.3) is 23.3 Å². The third-order valence-corrected chi connectivity index (χ3v) is 17.8. The molecule has 9 rings (SSSR count). The van der Waals surface area contributed by atoms with Gasteiger partial charge in [-0.2, -0.15) is 0 Å². The molecule has 0 aliphatic heterocycles. The van der Waals surface area contributed by atoms with Gasteiger partial charge in [0.15, 0.2) is 0 Å². The molecule has 1 N–H and O–H groups in total. The van der Waals surface area contributed by atoms with Gasteiger partial charge in [0.1, 0.15) is 0 Å². The topological polar surface area (TPSA) is 18.5 Å². The van der Waals surface area contributed by atoms with Crippen molar-refractivity contribution < 1.29 is 0 Å². The fraction of sp³-hybridized carbons (Fsp3) is 0.380. The molecule has 390 valence electrons. The summed E-state index contributed by atoms with van der Waals surface area (Å²) in [5, 5.41) is 5.06. The normalized spacial score (nSPS) is 16.3. The second kappa shape index (κ2) is 26.2. The van der Waals surface area contributed by atoms with E-state index in [4.69, 9.17) is 0 Å². The number of nitrogens with zero attached hydrogens (tertiary/aromatic N) is 2. The number of fused-ring (bicyclic) bond motifs is 5. The molecule has 0 bridgehead atoms. The van der Waals surface area contributed by atoms with E-state index in [9.17, 15) is 0 Å². The van der Waals surface area contributed by atoms with Crippen LogP contribution in [0.2, 0.25) is 0 Å². The van der Waals surface area contributed by atoms with E-state index < -0.39 is 0 Å². The van der Waals surface area contributed by atoms with Crippen LogP contribution in [0.3, 0.4) is 0 Å². The van der Waals surface area contributed by atoms with Crippen LogP contribution in [0.1, 0.15) is 165 Å². The molecule has 0 radical (unpaired) electrons. The molecular formula is C71H86N3P. The lowest BCUT2D eigenvalue weighted by molar-refractivity contribution is 0.266. The third kappa shape index (κ3) is 12.2. The maximum absolute atomic E-state index is 3.64. The van der Waals surface area contributed by atoms with E-state index in [1.807, 2.05) is 0 Å². The van der Waals surface area contributed by atoms with Gasteiger partial charge in [-0.25, -0.2) is 0 Å². The van der Waals surface area contributed by atoms with Crippen LogP contribution in [0.5, 0.6) is 0 Å². The van der Waals surface area contributed by atoms with Gasteiger partial charge in [0.2, 0.25) is 0 Å². The van der Waals surface area contributed by atoms with Crippen LogP contribution in [-0.2, 0) is 18.3 Å². The number of anilines is 7. The highest BCUT2D eigenvalue weighted by Gasteiger charge is 2.46. The summed E-state index contributed by atoms with van der Waals surface area (Å²) in [6.45, 7) is 14.9. The van der Waals surface area contributed by atoms with Gasteiger partial charge >= 0.3 is 0 Å². The first kappa shape index (κ1) is 53.9. The van der Waals surface area contributed by atoms with E-state index >= 15 is 0 Å². The zero-order valence-corrected chi connectivity index (χ0v) is 47.4. The van der Waals surface area contributed by atoms with Gasteiger partial charge in [-0.3, -0.25) is 0 Å². The monoisotopic (exact) mass is 1010 g/mol. The summed E-state index contributed by atoms with van der Waals surface area (Å²) in [7, 11) is 0.763. The molecule has 0 saturated carbocycles. The lowest BCUT2D eigenvalue weighted by atomic mass is 9.65. The Kier molecular flexibility index (Phi) is 18.9. The Morgan fingerprint density at radius 3 is 1.53 bits per heavy atom. The summed E-state index contributed by atoms with van der Waals surface area (Å²) in [6.07, 6.45) is 38.4. The summed E-state index contributed by atoms with van der Waals surface area (Å²) < 4.78 is 0. The third-order valence-electron chi connectivity index (χ3n) is 16.7. The van der Waals surface area contributed by atoms with Crippen molar-refractivity contribution in [2.75, 3.05) is 27.8 Å². The second-order valence-corrected chi connectivity index (χ2v) is 23.0. The summed E-state index contributed by atoms with van der Waals surface area (Å²) in [5.74, 6) is 1.22. The van der Waals surface area contributed by atoms with Crippen molar-refractivity contribution >= 4 is 65.8 Å². The lowest BCUT2D eigenvalue weighted by Gasteiger charge is -2.40. The van der Waals surface area contributed by atoms with E-state index in [0.717, 1.165) is 78.3 Å². The average molecular weight is 1010 g/mol. The van der Waals surface area contributed by atoms with Gasteiger partial charge in [0, 0.05) is 51.5 Å². The smallest absolute Gasteiger partial charge is 0.0536 e. The maximum atomic E-state index is 3.64. The molecule has 6 aromatic rings. The van der Waals surface area contributed by atoms with Gasteiger partial charge in [0.05, 0.1) is 11.4 Å². The number of hydrogen-bond acceptors (Lipinski definition) is 3. The minimum Gasteiger partial charge on any atom is -0.382 e. The minimum absolute atomic E-state index is 0.181. The molecule has 4 heteroatoms. The Morgan fingerprint density at radius 2 is 1.04 bits per heavy atom. The first-order valence-electron chi connectivity index (χ1n) is 29.4. The molecule has 6 aromatic carbocycles. The predicted octanol–water partition coefficient (Wildman–Crippen LogP) is 20.7. The van der Waals surface area contributed by atoms with Crippen molar-refractivity contribution in [1.29, 1.82) is 0 Å². The van der Waals surface area contributed by atoms with E-state index in [1.165, 1.54) is 135 Å². The molecule has 3 aliphatic carbocycles. The number of nitrogens with one attached hydrogen (secondary N) is 1. The number of hydrogen-bond donors (Lipinski definition) is 1. The van der Waals surface area contributed by atoms with Gasteiger partial charge in [-0.15, -0.1) is 0 Å². The fourth-order valence-corrected chi connectivity index (χ4v) is 13.5. The van der Waals surface area contributed by atoms with Gasteiger partial charge in [-0.1, -0.05) is 199 Å². The minimum atomic E-state index is -0.181. The summed E-state index contributed by atoms with van der Waals surface area (Å²) in [4.78, 5) is 5.18. The van der Waals surface area contributed by atoms with Crippen molar-refractivity contribution in [3.8, 4) is 11.1 Å². The molecule has 0 spiro atoms. The van der Waals surface area contributed by atoms with Crippen LogP contribution in [0.15, 0.2) is 158 Å². The Labute approximate surface area is 455 Å². The number of aryl methyl sites for hydroxylation is 2. The molecule has 0 aromatic heterocycles. The van der Waals surface area contributed by atoms with Crippen LogP contribution < -0.4 is 20.4 Å². The second-order valence-electron chi connectivity index (χ2n) is 21.7. The molecule has 0 saturated heterocycles. The summed E-state index contributed by atoms with van der Waals surface area (Å²) >= 11 is 0. The summed E-state index contributed by atoms with van der Waals surface area (Å²) in [5.41, 5.74) is 19.8. The molecule has 3 atom stereocenters. The fourth-order valence-electron chi connectivity index (χ4n) is 12.6. The van der Waals surface area contributed by atoms with Gasteiger partial charge in [0.25, 0.3) is 0 Å². The highest BCUT2D eigenvalue weighted by atomic mass is 31.1. The van der Waals surface area contributed by atoms with Crippen molar-refractivity contribution in [3.63, 3.8) is 0 Å². The van der Waals surface area contributed by atoms with Crippen LogP contribution in [-0.4, -0.2) is 12.7 Å². The molecule has 0 amide bonds. The van der Waals surface area contributed by atoms with Crippen LogP contribution >= 0.6 is 8.58 Å². The Morgan fingerprint density at radius 1 is 0.547 bits per heavy atom. The molecule has 0 heterocycles. The highest BCUT2D eigenvalue weighted by molar-refractivity contribution is 7.47. The molecule has 3 nitrogen and oxygen atoms in total. The SMILES string of the molecule is CCC=CCNc1ccc(N(c2ccc3c(c2)C(CC(CC)CCCC)(CC(CC)CCCC)c2cc(N(c4ccc(PCC=CCC)cc4)c4cccc5c4C=CCC5)ccc2-3)c2cccc3c2C=CCC3)cc1. The van der Waals surface area contributed by atoms with Crippen LogP contribution in [0, 0.1) is 11.8 Å². The predicted molar refractivity (Wildman–Crippen MR) is 333 cm³/mol. The maximum Gasteiger partial charge on any atom is 0.0536 e. The zero-order valence-electron chi connectivity index (χ0n) is 46.4. The van der Waals surface area contributed by atoms with Crippen molar-refractivity contribution in [2.45, 2.75) is 150 Å². The lowest BCUT2D eigenvalue weighted by Crippen LogP contribution is -2.32. The van der Waals surface area contributed by atoms with Crippen LogP contribution in [0.4, 0.5) is 39.8 Å². The molecule has 0 fully saturated rings. The first-order chi connectivity index (χ1) is 36.9.